The SMILES string of the molecule is CC1(C)C=C(S(=O)(=O)Cc2cc(Cl)c(OC(F)F)cc2Cl)NO1. The molecule has 5 nitrogen and oxygen atoms in total. The third-order valence-corrected chi connectivity index (χ3v) is 5.10. The molecule has 0 bridgehead atoms. The summed E-state index contributed by atoms with van der Waals surface area (Å²) in [4.78, 5) is 5.11. The maximum atomic E-state index is 12.4. The van der Waals surface area contributed by atoms with Crippen LogP contribution in [0.2, 0.25) is 10.0 Å². The maximum Gasteiger partial charge on any atom is 0.387 e. The molecule has 0 aliphatic carbocycles. The molecule has 1 N–H and O–H groups in total. The van der Waals surface area contributed by atoms with Crippen molar-refractivity contribution in [3.8, 4) is 5.75 Å². The molecule has 2 rings (SSSR count). The Morgan fingerprint density at radius 1 is 1.30 bits per heavy atom. The topological polar surface area (TPSA) is 64.6 Å². The smallest absolute Gasteiger partial charge is 0.387 e. The van der Waals surface area contributed by atoms with Gasteiger partial charge in [-0.2, -0.15) is 8.78 Å². The first-order valence-electron chi connectivity index (χ1n) is 6.32. The fourth-order valence-corrected chi connectivity index (χ4v) is 3.83. The highest BCUT2D eigenvalue weighted by Crippen LogP contribution is 2.34. The molecule has 128 valence electrons. The van der Waals surface area contributed by atoms with E-state index in [4.69, 9.17) is 28.0 Å². The Hall–Kier alpha value is -1.09. The molecule has 1 aromatic rings. The number of rotatable bonds is 5. The second kappa shape index (κ2) is 6.43. The highest BCUT2D eigenvalue weighted by molar-refractivity contribution is 7.94. The second-order valence-corrected chi connectivity index (χ2v) is 8.10. The van der Waals surface area contributed by atoms with Gasteiger partial charge in [0.25, 0.3) is 0 Å². The fraction of sp³-hybridized carbons (Fsp3) is 0.385. The number of hydrogen-bond acceptors (Lipinski definition) is 5. The van der Waals surface area contributed by atoms with Gasteiger partial charge in [0.2, 0.25) is 0 Å². The van der Waals surface area contributed by atoms with Gasteiger partial charge in [0.1, 0.15) is 11.4 Å². The number of ether oxygens (including phenoxy) is 1. The Labute approximate surface area is 142 Å². The minimum atomic E-state index is -3.77. The van der Waals surface area contributed by atoms with E-state index in [1.807, 2.05) is 0 Å². The van der Waals surface area contributed by atoms with Crippen LogP contribution in [0.1, 0.15) is 19.4 Å². The fourth-order valence-electron chi connectivity index (χ4n) is 1.86. The summed E-state index contributed by atoms with van der Waals surface area (Å²) < 4.78 is 53.4. The molecule has 0 atom stereocenters. The van der Waals surface area contributed by atoms with Gasteiger partial charge in [-0.25, -0.2) is 8.42 Å². The van der Waals surface area contributed by atoms with Gasteiger partial charge >= 0.3 is 6.61 Å². The van der Waals surface area contributed by atoms with Crippen LogP contribution in [-0.2, 0) is 20.4 Å². The number of hydrogen-bond donors (Lipinski definition) is 1. The minimum absolute atomic E-state index is 0.0487. The Bertz CT molecular complexity index is 751. The van der Waals surface area contributed by atoms with Crippen LogP contribution in [0.3, 0.4) is 0 Å². The maximum absolute atomic E-state index is 12.4. The average Bonchev–Trinajstić information content (AvgIpc) is 2.76. The van der Waals surface area contributed by atoms with Crippen LogP contribution in [0.15, 0.2) is 23.2 Å². The van der Waals surface area contributed by atoms with Gasteiger partial charge in [-0.15, -0.1) is 0 Å². The number of nitrogens with one attached hydrogen (secondary N) is 1. The van der Waals surface area contributed by atoms with Crippen LogP contribution in [-0.4, -0.2) is 20.6 Å². The summed E-state index contributed by atoms with van der Waals surface area (Å²) in [5, 5.41) is -0.306. The predicted octanol–water partition coefficient (Wildman–Crippen LogP) is 3.66. The summed E-state index contributed by atoms with van der Waals surface area (Å²) in [6.45, 7) is 0.302. The molecule has 0 saturated heterocycles. The highest BCUT2D eigenvalue weighted by atomic mass is 35.5. The molecular weight excluding hydrogens is 375 g/mol. The summed E-state index contributed by atoms with van der Waals surface area (Å²) >= 11 is 11.7. The van der Waals surface area contributed by atoms with Crippen molar-refractivity contribution in [3.63, 3.8) is 0 Å². The van der Waals surface area contributed by atoms with Crippen molar-refractivity contribution < 1.29 is 26.8 Å². The first-order chi connectivity index (χ1) is 10.5. The van der Waals surface area contributed by atoms with Crippen molar-refractivity contribution in [2.75, 3.05) is 0 Å². The molecule has 1 heterocycles. The van der Waals surface area contributed by atoms with Crippen LogP contribution < -0.4 is 10.2 Å². The Balaban J connectivity index is 2.28. The molecular formula is C13H13Cl2F2NO4S. The van der Waals surface area contributed by atoms with Crippen molar-refractivity contribution in [2.24, 2.45) is 0 Å². The molecule has 1 aliphatic heterocycles. The van der Waals surface area contributed by atoms with E-state index in [1.165, 1.54) is 12.1 Å². The summed E-state index contributed by atoms with van der Waals surface area (Å²) in [5.41, 5.74) is 1.75. The zero-order valence-corrected chi connectivity index (χ0v) is 14.4. The van der Waals surface area contributed by atoms with Crippen molar-refractivity contribution >= 4 is 33.0 Å². The summed E-state index contributed by atoms with van der Waals surface area (Å²) in [6, 6.07) is 2.23. The van der Waals surface area contributed by atoms with Crippen LogP contribution in [0.5, 0.6) is 5.75 Å². The van der Waals surface area contributed by atoms with E-state index < -0.39 is 27.8 Å². The van der Waals surface area contributed by atoms with Crippen molar-refractivity contribution in [1.82, 2.24) is 5.48 Å². The largest absolute Gasteiger partial charge is 0.433 e. The van der Waals surface area contributed by atoms with Crippen molar-refractivity contribution in [2.45, 2.75) is 31.8 Å². The lowest BCUT2D eigenvalue weighted by atomic mass is 10.1. The molecule has 0 radical (unpaired) electrons. The van der Waals surface area contributed by atoms with Gasteiger partial charge < -0.3 is 4.74 Å². The molecule has 0 unspecified atom stereocenters. The molecule has 0 spiro atoms. The zero-order chi connectivity index (χ0) is 17.4. The van der Waals surface area contributed by atoms with Crippen molar-refractivity contribution in [3.05, 3.63) is 38.8 Å². The van der Waals surface area contributed by atoms with Gasteiger partial charge in [0, 0.05) is 11.1 Å². The molecule has 1 aliphatic rings. The Morgan fingerprint density at radius 2 is 1.96 bits per heavy atom. The molecule has 0 aromatic heterocycles. The molecule has 1 aromatic carbocycles. The number of halogens is 4. The summed E-state index contributed by atoms with van der Waals surface area (Å²) in [7, 11) is -3.77. The zero-order valence-electron chi connectivity index (χ0n) is 12.1. The van der Waals surface area contributed by atoms with E-state index in [9.17, 15) is 17.2 Å². The normalized spacial score (nSPS) is 17.1. The van der Waals surface area contributed by atoms with Gasteiger partial charge in [-0.3, -0.25) is 10.3 Å². The lowest BCUT2D eigenvalue weighted by molar-refractivity contribution is -0.0497. The van der Waals surface area contributed by atoms with Crippen LogP contribution in [0, 0.1) is 0 Å². The van der Waals surface area contributed by atoms with Gasteiger partial charge in [-0.05, 0) is 31.6 Å². The first kappa shape index (κ1) is 18.3. The lowest BCUT2D eigenvalue weighted by Crippen LogP contribution is -2.22. The van der Waals surface area contributed by atoms with E-state index in [0.29, 0.717) is 0 Å². The van der Waals surface area contributed by atoms with Gasteiger partial charge in [0.15, 0.2) is 14.9 Å². The third kappa shape index (κ3) is 4.47. The quantitative estimate of drug-likeness (QED) is 0.834. The summed E-state index contributed by atoms with van der Waals surface area (Å²) in [6.07, 6.45) is 1.42. The third-order valence-electron chi connectivity index (χ3n) is 2.89. The van der Waals surface area contributed by atoms with Gasteiger partial charge in [0.05, 0.1) is 10.8 Å². The number of benzene rings is 1. The Morgan fingerprint density at radius 3 is 2.48 bits per heavy atom. The van der Waals surface area contributed by atoms with Crippen LogP contribution >= 0.6 is 23.2 Å². The highest BCUT2D eigenvalue weighted by Gasteiger charge is 2.31. The molecule has 23 heavy (non-hydrogen) atoms. The number of sulfone groups is 1. The second-order valence-electron chi connectivity index (χ2n) is 5.33. The molecule has 0 amide bonds. The van der Waals surface area contributed by atoms with E-state index in [1.54, 1.807) is 13.8 Å². The minimum Gasteiger partial charge on any atom is -0.433 e. The van der Waals surface area contributed by atoms with Crippen LogP contribution in [0.4, 0.5) is 8.78 Å². The predicted molar refractivity (Wildman–Crippen MR) is 82.1 cm³/mol. The number of hydroxylamine groups is 1. The van der Waals surface area contributed by atoms with E-state index in [0.717, 1.165) is 6.07 Å². The van der Waals surface area contributed by atoms with E-state index >= 15 is 0 Å². The average molecular weight is 388 g/mol. The van der Waals surface area contributed by atoms with Gasteiger partial charge in [-0.1, -0.05) is 23.2 Å². The molecule has 10 heteroatoms. The molecule has 0 fully saturated rings. The Kier molecular flexibility index (Phi) is 5.10. The standard InChI is InChI=1S/C13H13Cl2F2NO4S/c1-13(2)5-11(18-22-13)23(19,20)6-7-3-9(15)10(4-8(7)14)21-12(16)17/h3-5,12,18H,6H2,1-2H3. The first-order valence-corrected chi connectivity index (χ1v) is 8.73. The van der Waals surface area contributed by atoms with E-state index in [-0.39, 0.29) is 26.4 Å². The van der Waals surface area contributed by atoms with Crippen molar-refractivity contribution in [1.29, 1.82) is 0 Å². The lowest BCUT2D eigenvalue weighted by Gasteiger charge is -2.12. The molecule has 0 saturated carbocycles. The summed E-state index contributed by atoms with van der Waals surface area (Å²) in [5.74, 6) is -0.797. The monoisotopic (exact) mass is 387 g/mol. The van der Waals surface area contributed by atoms with Crippen LogP contribution in [0.25, 0.3) is 0 Å². The van der Waals surface area contributed by atoms with E-state index in [2.05, 4.69) is 10.2 Å². The number of alkyl halides is 2.